The summed E-state index contributed by atoms with van der Waals surface area (Å²) < 4.78 is 0. The lowest BCUT2D eigenvalue weighted by Gasteiger charge is -2.26. The molecule has 28 heavy (non-hydrogen) atoms. The molecule has 0 unspecified atom stereocenters. The zero-order chi connectivity index (χ0) is 19.1. The number of nitrogens with zero attached hydrogens (tertiary/aromatic N) is 2. The molecule has 3 aromatic carbocycles. The lowest BCUT2D eigenvalue weighted by Crippen LogP contribution is -2.29. The number of aryl methyl sites for hydroxylation is 1. The summed E-state index contributed by atoms with van der Waals surface area (Å²) in [6.45, 7) is 2.07. The molecule has 4 heteroatoms. The van der Waals surface area contributed by atoms with Crippen molar-refractivity contribution in [3.63, 3.8) is 0 Å². The summed E-state index contributed by atoms with van der Waals surface area (Å²) in [5, 5.41) is 7.51. The van der Waals surface area contributed by atoms with E-state index in [4.69, 9.17) is 0 Å². The predicted octanol–water partition coefficient (Wildman–Crippen LogP) is 5.13. The van der Waals surface area contributed by atoms with Crippen molar-refractivity contribution < 1.29 is 4.79 Å². The average molecular weight is 365 g/mol. The van der Waals surface area contributed by atoms with Crippen LogP contribution < -0.4 is 4.90 Å². The van der Waals surface area contributed by atoms with E-state index < -0.39 is 0 Å². The van der Waals surface area contributed by atoms with Crippen LogP contribution >= 0.6 is 0 Å². The Bertz CT molecular complexity index is 1130. The number of para-hydroxylation sites is 1. The highest BCUT2D eigenvalue weighted by molar-refractivity contribution is 6.11. The van der Waals surface area contributed by atoms with Gasteiger partial charge in [0, 0.05) is 16.8 Å². The van der Waals surface area contributed by atoms with Crippen LogP contribution in [0.25, 0.3) is 11.3 Å². The lowest BCUT2D eigenvalue weighted by molar-refractivity contribution is 0.0989. The Morgan fingerprint density at radius 3 is 2.18 bits per heavy atom. The summed E-state index contributed by atoms with van der Waals surface area (Å²) in [6, 6.07) is 28.0. The first-order valence-electron chi connectivity index (χ1n) is 9.33. The molecule has 1 aliphatic rings. The average Bonchev–Trinajstić information content (AvgIpc) is 3.29. The maximum atomic E-state index is 13.3. The minimum absolute atomic E-state index is 0.0542. The quantitative estimate of drug-likeness (QED) is 0.547. The van der Waals surface area contributed by atoms with E-state index in [2.05, 4.69) is 41.4 Å². The first-order chi connectivity index (χ1) is 13.7. The number of amides is 1. The minimum Gasteiger partial charge on any atom is -0.295 e. The van der Waals surface area contributed by atoms with Gasteiger partial charge in [-0.2, -0.15) is 5.10 Å². The first kappa shape index (κ1) is 16.5. The van der Waals surface area contributed by atoms with Crippen LogP contribution in [0.4, 0.5) is 5.69 Å². The van der Waals surface area contributed by atoms with Crippen molar-refractivity contribution in [3.8, 4) is 11.3 Å². The molecule has 0 aliphatic carbocycles. The zero-order valence-electron chi connectivity index (χ0n) is 15.5. The molecule has 136 valence electrons. The number of aromatic amines is 1. The van der Waals surface area contributed by atoms with E-state index in [-0.39, 0.29) is 11.9 Å². The number of hydrogen-bond acceptors (Lipinski definition) is 2. The first-order valence-corrected chi connectivity index (χ1v) is 9.33. The number of hydrogen-bond donors (Lipinski definition) is 1. The number of benzene rings is 3. The molecule has 0 radical (unpaired) electrons. The Balaban J connectivity index is 1.73. The van der Waals surface area contributed by atoms with Gasteiger partial charge in [0.1, 0.15) is 5.69 Å². The summed E-state index contributed by atoms with van der Waals surface area (Å²) in [5.41, 5.74) is 6.46. The number of nitrogens with one attached hydrogen (secondary N) is 1. The molecular weight excluding hydrogens is 346 g/mol. The van der Waals surface area contributed by atoms with Crippen molar-refractivity contribution >= 4 is 11.6 Å². The molecule has 0 saturated heterocycles. The topological polar surface area (TPSA) is 49.0 Å². The molecule has 1 aromatic heterocycles. The fraction of sp³-hybridized carbons (Fsp3) is 0.0833. The number of carbonyl (C=O) groups is 1. The fourth-order valence-corrected chi connectivity index (χ4v) is 3.88. The Morgan fingerprint density at radius 2 is 1.50 bits per heavy atom. The summed E-state index contributed by atoms with van der Waals surface area (Å²) in [4.78, 5) is 15.2. The van der Waals surface area contributed by atoms with E-state index in [9.17, 15) is 4.79 Å². The van der Waals surface area contributed by atoms with Crippen LogP contribution in [0.5, 0.6) is 0 Å². The predicted molar refractivity (Wildman–Crippen MR) is 110 cm³/mol. The number of anilines is 1. The Morgan fingerprint density at radius 1 is 0.857 bits per heavy atom. The Hall–Kier alpha value is -3.66. The van der Waals surface area contributed by atoms with Gasteiger partial charge in [-0.05, 0) is 24.6 Å². The highest BCUT2D eigenvalue weighted by Gasteiger charge is 2.42. The van der Waals surface area contributed by atoms with Crippen LogP contribution in [0.2, 0.25) is 0 Å². The van der Waals surface area contributed by atoms with Crippen molar-refractivity contribution in [2.45, 2.75) is 13.0 Å². The van der Waals surface area contributed by atoms with Gasteiger partial charge in [0.2, 0.25) is 0 Å². The molecular formula is C24H19N3O. The van der Waals surface area contributed by atoms with Gasteiger partial charge in [-0.25, -0.2) is 0 Å². The van der Waals surface area contributed by atoms with Gasteiger partial charge in [-0.3, -0.25) is 14.8 Å². The molecule has 4 nitrogen and oxygen atoms in total. The zero-order valence-corrected chi connectivity index (χ0v) is 15.5. The van der Waals surface area contributed by atoms with Crippen molar-refractivity contribution in [1.82, 2.24) is 10.2 Å². The fourth-order valence-electron chi connectivity index (χ4n) is 3.88. The molecule has 1 N–H and O–H groups in total. The standard InChI is InChI=1S/C24H19N3O/c1-16-12-14-18(15-13-16)23-20-21(17-8-4-2-5-9-17)25-26-22(20)24(28)27(23)19-10-6-3-7-11-19/h2-15,23H,1H3,(H,25,26)/t23-/m0/s1. The van der Waals surface area contributed by atoms with E-state index >= 15 is 0 Å². The van der Waals surface area contributed by atoms with Crippen molar-refractivity contribution in [2.75, 3.05) is 4.90 Å². The number of aromatic nitrogens is 2. The second-order valence-corrected chi connectivity index (χ2v) is 7.05. The van der Waals surface area contributed by atoms with E-state index in [1.807, 2.05) is 65.6 Å². The maximum Gasteiger partial charge on any atom is 0.277 e. The third kappa shape index (κ3) is 2.54. The van der Waals surface area contributed by atoms with E-state index in [1.54, 1.807) is 0 Å². The number of rotatable bonds is 3. The normalized spacial score (nSPS) is 15.7. The van der Waals surface area contributed by atoms with Gasteiger partial charge >= 0.3 is 0 Å². The van der Waals surface area contributed by atoms with Gasteiger partial charge < -0.3 is 0 Å². The SMILES string of the molecule is Cc1ccc([C@H]2c3c(-c4ccccc4)n[nH]c3C(=O)N2c2ccccc2)cc1. The van der Waals surface area contributed by atoms with Crippen molar-refractivity contribution in [3.05, 3.63) is 107 Å². The van der Waals surface area contributed by atoms with Crippen LogP contribution in [0.15, 0.2) is 84.9 Å². The van der Waals surface area contributed by atoms with Crippen molar-refractivity contribution in [2.24, 2.45) is 0 Å². The van der Waals surface area contributed by atoms with Gasteiger partial charge in [-0.1, -0.05) is 78.4 Å². The molecule has 5 rings (SSSR count). The number of carbonyl (C=O) groups excluding carboxylic acids is 1. The molecule has 1 aliphatic heterocycles. The maximum absolute atomic E-state index is 13.3. The van der Waals surface area contributed by atoms with Crippen LogP contribution in [0.1, 0.15) is 33.2 Å². The van der Waals surface area contributed by atoms with Gasteiger partial charge in [0.05, 0.1) is 11.7 Å². The largest absolute Gasteiger partial charge is 0.295 e. The third-order valence-electron chi connectivity index (χ3n) is 5.24. The molecule has 0 saturated carbocycles. The highest BCUT2D eigenvalue weighted by atomic mass is 16.2. The summed E-state index contributed by atoms with van der Waals surface area (Å²) in [7, 11) is 0. The number of fused-ring (bicyclic) bond motifs is 1. The third-order valence-corrected chi connectivity index (χ3v) is 5.24. The molecule has 2 heterocycles. The second kappa shape index (κ2) is 6.50. The summed E-state index contributed by atoms with van der Waals surface area (Å²) in [5.74, 6) is -0.0542. The molecule has 0 spiro atoms. The summed E-state index contributed by atoms with van der Waals surface area (Å²) in [6.07, 6.45) is 0. The van der Waals surface area contributed by atoms with E-state index in [0.717, 1.165) is 28.1 Å². The highest BCUT2D eigenvalue weighted by Crippen LogP contribution is 2.44. The van der Waals surface area contributed by atoms with E-state index in [1.165, 1.54) is 5.56 Å². The molecule has 0 fully saturated rings. The van der Waals surface area contributed by atoms with Crippen LogP contribution in [0, 0.1) is 6.92 Å². The second-order valence-electron chi connectivity index (χ2n) is 7.05. The van der Waals surface area contributed by atoms with Gasteiger partial charge in [0.25, 0.3) is 5.91 Å². The lowest BCUT2D eigenvalue weighted by atomic mass is 9.95. The molecule has 1 amide bonds. The van der Waals surface area contributed by atoms with Gasteiger partial charge in [0.15, 0.2) is 0 Å². The Labute approximate surface area is 163 Å². The molecule has 1 atom stereocenters. The monoisotopic (exact) mass is 365 g/mol. The smallest absolute Gasteiger partial charge is 0.277 e. The number of H-pyrrole nitrogens is 1. The van der Waals surface area contributed by atoms with Crippen LogP contribution in [-0.4, -0.2) is 16.1 Å². The van der Waals surface area contributed by atoms with Crippen LogP contribution in [-0.2, 0) is 0 Å². The van der Waals surface area contributed by atoms with E-state index in [0.29, 0.717) is 5.69 Å². The van der Waals surface area contributed by atoms with Crippen molar-refractivity contribution in [1.29, 1.82) is 0 Å². The van der Waals surface area contributed by atoms with Crippen LogP contribution in [0.3, 0.4) is 0 Å². The minimum atomic E-state index is -0.223. The Kier molecular flexibility index (Phi) is 3.83. The summed E-state index contributed by atoms with van der Waals surface area (Å²) >= 11 is 0. The van der Waals surface area contributed by atoms with Gasteiger partial charge in [-0.15, -0.1) is 0 Å². The molecule has 4 aromatic rings. The molecule has 0 bridgehead atoms.